The molecule has 21 heavy (non-hydrogen) atoms. The Kier molecular flexibility index (Phi) is 5.83. The lowest BCUT2D eigenvalue weighted by Crippen LogP contribution is -2.18. The first-order chi connectivity index (χ1) is 10.1. The highest BCUT2D eigenvalue weighted by Crippen LogP contribution is 2.24. The lowest BCUT2D eigenvalue weighted by atomic mass is 10.2. The summed E-state index contributed by atoms with van der Waals surface area (Å²) < 4.78 is 0. The van der Waals surface area contributed by atoms with Crippen LogP contribution in [0.15, 0.2) is 36.4 Å². The molecule has 2 nitrogen and oxygen atoms in total. The van der Waals surface area contributed by atoms with Gasteiger partial charge in [-0.05, 0) is 43.1 Å². The van der Waals surface area contributed by atoms with Crippen molar-refractivity contribution in [1.82, 2.24) is 5.32 Å². The van der Waals surface area contributed by atoms with Crippen LogP contribution in [-0.4, -0.2) is 13.6 Å². The van der Waals surface area contributed by atoms with Crippen LogP contribution in [0.4, 0.5) is 5.69 Å². The normalized spacial score (nSPS) is 11.1. The highest BCUT2D eigenvalue weighted by atomic mass is 32.1. The molecule has 0 amide bonds. The van der Waals surface area contributed by atoms with Crippen molar-refractivity contribution in [2.45, 2.75) is 33.9 Å². The topological polar surface area (TPSA) is 15.3 Å². The third kappa shape index (κ3) is 4.87. The summed E-state index contributed by atoms with van der Waals surface area (Å²) in [7, 11) is 2.16. The lowest BCUT2D eigenvalue weighted by molar-refractivity contribution is 0.555. The number of anilines is 1. The van der Waals surface area contributed by atoms with E-state index in [0.29, 0.717) is 5.92 Å². The van der Waals surface area contributed by atoms with Gasteiger partial charge in [0, 0.05) is 35.6 Å². The maximum Gasteiger partial charge on any atom is 0.0437 e. The Labute approximate surface area is 132 Å². The first kappa shape index (κ1) is 16.1. The van der Waals surface area contributed by atoms with Crippen LogP contribution < -0.4 is 10.2 Å². The summed E-state index contributed by atoms with van der Waals surface area (Å²) in [6.45, 7) is 9.75. The van der Waals surface area contributed by atoms with E-state index in [0.717, 1.165) is 19.6 Å². The van der Waals surface area contributed by atoms with Crippen molar-refractivity contribution in [1.29, 1.82) is 0 Å². The zero-order valence-electron chi connectivity index (χ0n) is 13.5. The minimum Gasteiger partial charge on any atom is -0.370 e. The second kappa shape index (κ2) is 7.62. The van der Waals surface area contributed by atoms with Gasteiger partial charge in [0.1, 0.15) is 0 Å². The smallest absolute Gasteiger partial charge is 0.0437 e. The molecule has 2 aromatic rings. The maximum atomic E-state index is 3.52. The van der Waals surface area contributed by atoms with Crippen LogP contribution >= 0.6 is 11.3 Å². The van der Waals surface area contributed by atoms with Crippen molar-refractivity contribution in [2.75, 3.05) is 18.5 Å². The minimum absolute atomic E-state index is 0.703. The molecule has 0 aliphatic heterocycles. The Balaban J connectivity index is 1.96. The number of hydrogen-bond acceptors (Lipinski definition) is 3. The summed E-state index contributed by atoms with van der Waals surface area (Å²) in [4.78, 5) is 5.17. The van der Waals surface area contributed by atoms with Crippen LogP contribution in [0, 0.1) is 12.8 Å². The highest BCUT2D eigenvalue weighted by Gasteiger charge is 2.08. The molecule has 0 spiro atoms. The molecule has 0 unspecified atom stereocenters. The average molecular weight is 302 g/mol. The van der Waals surface area contributed by atoms with E-state index < -0.39 is 0 Å². The molecular formula is C18H26N2S. The van der Waals surface area contributed by atoms with E-state index >= 15 is 0 Å². The van der Waals surface area contributed by atoms with Gasteiger partial charge in [-0.3, -0.25) is 0 Å². The van der Waals surface area contributed by atoms with Crippen LogP contribution in [-0.2, 0) is 13.1 Å². The molecule has 1 aromatic carbocycles. The number of hydrogen-bond donors (Lipinski definition) is 1. The van der Waals surface area contributed by atoms with E-state index in [1.807, 2.05) is 11.3 Å². The first-order valence-corrected chi connectivity index (χ1v) is 8.43. The predicted molar refractivity (Wildman–Crippen MR) is 94.1 cm³/mol. The Morgan fingerprint density at radius 3 is 2.57 bits per heavy atom. The van der Waals surface area contributed by atoms with E-state index in [1.54, 1.807) is 0 Å². The quantitative estimate of drug-likeness (QED) is 0.813. The van der Waals surface area contributed by atoms with Gasteiger partial charge >= 0.3 is 0 Å². The first-order valence-electron chi connectivity index (χ1n) is 7.61. The second-order valence-electron chi connectivity index (χ2n) is 6.01. The van der Waals surface area contributed by atoms with Gasteiger partial charge in [-0.1, -0.05) is 32.0 Å². The molecule has 0 aliphatic rings. The molecule has 1 heterocycles. The molecular weight excluding hydrogens is 276 g/mol. The van der Waals surface area contributed by atoms with Gasteiger partial charge in [-0.2, -0.15) is 0 Å². The van der Waals surface area contributed by atoms with Crippen molar-refractivity contribution in [3.8, 4) is 0 Å². The molecule has 3 heteroatoms. The van der Waals surface area contributed by atoms with Crippen molar-refractivity contribution in [2.24, 2.45) is 5.92 Å². The second-order valence-corrected chi connectivity index (χ2v) is 7.35. The molecule has 0 radical (unpaired) electrons. The fourth-order valence-electron chi connectivity index (χ4n) is 2.35. The van der Waals surface area contributed by atoms with Crippen molar-refractivity contribution in [3.63, 3.8) is 0 Å². The minimum atomic E-state index is 0.703. The molecule has 0 atom stereocenters. The van der Waals surface area contributed by atoms with E-state index in [-0.39, 0.29) is 0 Å². The fourth-order valence-corrected chi connectivity index (χ4v) is 3.37. The molecule has 0 bridgehead atoms. The summed E-state index contributed by atoms with van der Waals surface area (Å²) in [6, 6.07) is 12.9. The Bertz CT molecular complexity index is 546. The fraction of sp³-hybridized carbons (Fsp3) is 0.444. The van der Waals surface area contributed by atoms with Crippen molar-refractivity contribution in [3.05, 3.63) is 51.7 Å². The molecule has 114 valence electrons. The lowest BCUT2D eigenvalue weighted by Gasteiger charge is -2.19. The molecule has 0 fully saturated rings. The third-order valence-corrected chi connectivity index (χ3v) is 4.62. The number of para-hydroxylation sites is 1. The Morgan fingerprint density at radius 1 is 1.19 bits per heavy atom. The molecule has 0 saturated carbocycles. The average Bonchev–Trinajstić information content (AvgIpc) is 2.79. The van der Waals surface area contributed by atoms with Gasteiger partial charge in [0.05, 0.1) is 0 Å². The number of nitrogens with one attached hydrogen (secondary N) is 1. The standard InChI is InChI=1S/C18H26N2S/c1-14(2)11-19-12-18-10-16(15(3)21-18)13-20(4)17-8-6-5-7-9-17/h5-10,14,19H,11-13H2,1-4H3. The number of aryl methyl sites for hydroxylation is 1. The van der Waals surface area contributed by atoms with Crippen LogP contribution in [0.25, 0.3) is 0 Å². The summed E-state index contributed by atoms with van der Waals surface area (Å²) >= 11 is 1.91. The molecule has 1 N–H and O–H groups in total. The van der Waals surface area contributed by atoms with E-state index in [1.165, 1.54) is 21.0 Å². The van der Waals surface area contributed by atoms with Crippen molar-refractivity contribution >= 4 is 17.0 Å². The van der Waals surface area contributed by atoms with Gasteiger partial charge in [0.15, 0.2) is 0 Å². The van der Waals surface area contributed by atoms with Crippen LogP contribution in [0.2, 0.25) is 0 Å². The molecule has 2 rings (SSSR count). The molecule has 1 aromatic heterocycles. The zero-order chi connectivity index (χ0) is 15.2. The van der Waals surface area contributed by atoms with Crippen LogP contribution in [0.3, 0.4) is 0 Å². The van der Waals surface area contributed by atoms with E-state index in [4.69, 9.17) is 0 Å². The maximum absolute atomic E-state index is 3.52. The van der Waals surface area contributed by atoms with E-state index in [2.05, 4.69) is 74.4 Å². The predicted octanol–water partition coefficient (Wildman–Crippen LogP) is 4.44. The monoisotopic (exact) mass is 302 g/mol. The van der Waals surface area contributed by atoms with Gasteiger partial charge in [0.25, 0.3) is 0 Å². The number of thiophene rings is 1. The Morgan fingerprint density at radius 2 is 1.90 bits per heavy atom. The summed E-state index contributed by atoms with van der Waals surface area (Å²) in [5.41, 5.74) is 2.70. The van der Waals surface area contributed by atoms with Gasteiger partial charge < -0.3 is 10.2 Å². The third-order valence-electron chi connectivity index (χ3n) is 3.53. The van der Waals surface area contributed by atoms with Gasteiger partial charge in [-0.15, -0.1) is 11.3 Å². The zero-order valence-corrected chi connectivity index (χ0v) is 14.3. The summed E-state index contributed by atoms with van der Waals surface area (Å²) in [5.74, 6) is 0.703. The molecule has 0 saturated heterocycles. The van der Waals surface area contributed by atoms with Gasteiger partial charge in [-0.25, -0.2) is 0 Å². The SMILES string of the molecule is Cc1sc(CNCC(C)C)cc1CN(C)c1ccccc1. The van der Waals surface area contributed by atoms with E-state index in [9.17, 15) is 0 Å². The highest BCUT2D eigenvalue weighted by molar-refractivity contribution is 7.12. The van der Waals surface area contributed by atoms with Gasteiger partial charge in [0.2, 0.25) is 0 Å². The number of nitrogens with zero attached hydrogens (tertiary/aromatic N) is 1. The summed E-state index contributed by atoms with van der Waals surface area (Å²) in [5, 5.41) is 3.52. The van der Waals surface area contributed by atoms with Crippen molar-refractivity contribution < 1.29 is 0 Å². The number of rotatable bonds is 7. The summed E-state index contributed by atoms with van der Waals surface area (Å²) in [6.07, 6.45) is 0. The largest absolute Gasteiger partial charge is 0.370 e. The van der Waals surface area contributed by atoms with Crippen LogP contribution in [0.5, 0.6) is 0 Å². The Hall–Kier alpha value is -1.32. The number of benzene rings is 1. The van der Waals surface area contributed by atoms with Crippen LogP contribution in [0.1, 0.15) is 29.2 Å². The molecule has 0 aliphatic carbocycles.